The number of hydrogen-bond acceptors (Lipinski definition) is 3. The van der Waals surface area contributed by atoms with Crippen LogP contribution in [0.1, 0.15) is 23.7 Å². The lowest BCUT2D eigenvalue weighted by atomic mass is 10.1. The van der Waals surface area contributed by atoms with Gasteiger partial charge in [-0.2, -0.15) is 0 Å². The predicted molar refractivity (Wildman–Crippen MR) is 52.7 cm³/mol. The van der Waals surface area contributed by atoms with Crippen molar-refractivity contribution in [3.8, 4) is 0 Å². The fraction of sp³-hybridized carbons (Fsp3) is 0.222. The van der Waals surface area contributed by atoms with E-state index in [1.807, 2.05) is 0 Å². The van der Waals surface area contributed by atoms with Crippen molar-refractivity contribution >= 4 is 23.1 Å². The zero-order valence-electron chi connectivity index (χ0n) is 7.49. The minimum absolute atomic E-state index is 0.109. The van der Waals surface area contributed by atoms with Gasteiger partial charge in [-0.25, -0.2) is 0 Å². The monoisotopic (exact) mass is 213 g/mol. The van der Waals surface area contributed by atoms with Crippen molar-refractivity contribution in [1.29, 1.82) is 0 Å². The van der Waals surface area contributed by atoms with E-state index in [4.69, 9.17) is 11.6 Å². The van der Waals surface area contributed by atoms with Crippen molar-refractivity contribution in [2.24, 2.45) is 0 Å². The average Bonchev–Trinajstić information content (AvgIpc) is 2.16. The predicted octanol–water partition coefficient (Wildman–Crippen LogP) is 2.84. The largest absolute Gasteiger partial charge is 0.294 e. The number of ketones is 1. The van der Waals surface area contributed by atoms with Gasteiger partial charge in [0.05, 0.1) is 9.95 Å². The Bertz CT molecular complexity index is 390. The van der Waals surface area contributed by atoms with Crippen molar-refractivity contribution < 1.29 is 9.72 Å². The van der Waals surface area contributed by atoms with Crippen LogP contribution in [0.2, 0.25) is 5.02 Å². The Balaban J connectivity index is 3.14. The molecule has 0 radical (unpaired) electrons. The third-order valence-corrected chi connectivity index (χ3v) is 2.10. The maximum atomic E-state index is 11.3. The molecule has 0 amide bonds. The molecule has 0 bridgehead atoms. The lowest BCUT2D eigenvalue weighted by molar-refractivity contribution is -0.384. The molecule has 0 heterocycles. The molecule has 0 aliphatic rings. The molecule has 74 valence electrons. The van der Waals surface area contributed by atoms with E-state index >= 15 is 0 Å². The zero-order valence-corrected chi connectivity index (χ0v) is 8.25. The highest BCUT2D eigenvalue weighted by atomic mass is 35.5. The van der Waals surface area contributed by atoms with Gasteiger partial charge in [0.15, 0.2) is 5.78 Å². The van der Waals surface area contributed by atoms with Crippen molar-refractivity contribution in [1.82, 2.24) is 0 Å². The topological polar surface area (TPSA) is 60.2 Å². The summed E-state index contributed by atoms with van der Waals surface area (Å²) in [5.74, 6) is -0.120. The Morgan fingerprint density at radius 3 is 2.64 bits per heavy atom. The average molecular weight is 214 g/mol. The minimum atomic E-state index is -0.550. The van der Waals surface area contributed by atoms with Gasteiger partial charge in [-0.1, -0.05) is 18.5 Å². The maximum Gasteiger partial charge on any atom is 0.270 e. The Labute approximate surface area is 85.6 Å². The van der Waals surface area contributed by atoms with E-state index in [9.17, 15) is 14.9 Å². The summed E-state index contributed by atoms with van der Waals surface area (Å²) in [5, 5.41) is 10.5. The van der Waals surface area contributed by atoms with E-state index in [1.54, 1.807) is 6.92 Å². The van der Waals surface area contributed by atoms with Gasteiger partial charge in [-0.3, -0.25) is 14.9 Å². The Kier molecular flexibility index (Phi) is 3.19. The highest BCUT2D eigenvalue weighted by molar-refractivity contribution is 6.34. The number of nitro groups is 1. The van der Waals surface area contributed by atoms with E-state index in [-0.39, 0.29) is 16.5 Å². The molecule has 1 rings (SSSR count). The molecule has 1 aromatic rings. The fourth-order valence-electron chi connectivity index (χ4n) is 1.03. The van der Waals surface area contributed by atoms with Crippen LogP contribution in [0.4, 0.5) is 5.69 Å². The Morgan fingerprint density at radius 1 is 1.57 bits per heavy atom. The molecule has 0 unspecified atom stereocenters. The van der Waals surface area contributed by atoms with E-state index in [1.165, 1.54) is 18.2 Å². The van der Waals surface area contributed by atoms with Crippen LogP contribution in [-0.2, 0) is 0 Å². The second kappa shape index (κ2) is 4.19. The smallest absolute Gasteiger partial charge is 0.270 e. The molecule has 0 saturated carbocycles. The number of hydrogen-bond donors (Lipinski definition) is 0. The molecular formula is C9H8ClNO3. The first-order valence-electron chi connectivity index (χ1n) is 4.03. The molecule has 1 aromatic carbocycles. The zero-order chi connectivity index (χ0) is 10.7. The van der Waals surface area contributed by atoms with Gasteiger partial charge in [0.2, 0.25) is 0 Å². The molecule has 5 heteroatoms. The number of nitro benzene ring substituents is 1. The molecule has 0 aliphatic heterocycles. The molecule has 0 N–H and O–H groups in total. The standard InChI is InChI=1S/C9H8ClNO3/c1-2-9(12)7-4-3-6(11(13)14)5-8(7)10/h3-5H,2H2,1H3. The van der Waals surface area contributed by atoms with Crippen LogP contribution in [0.3, 0.4) is 0 Å². The van der Waals surface area contributed by atoms with Crippen LogP contribution in [0.25, 0.3) is 0 Å². The summed E-state index contributed by atoms with van der Waals surface area (Å²) in [6, 6.07) is 3.84. The number of carbonyl (C=O) groups is 1. The normalized spacial score (nSPS) is 9.86. The minimum Gasteiger partial charge on any atom is -0.294 e. The first-order valence-corrected chi connectivity index (χ1v) is 4.41. The SMILES string of the molecule is CCC(=O)c1ccc([N+](=O)[O-])cc1Cl. The fourth-order valence-corrected chi connectivity index (χ4v) is 1.31. The summed E-state index contributed by atoms with van der Waals surface area (Å²) in [6.45, 7) is 1.71. The highest BCUT2D eigenvalue weighted by Crippen LogP contribution is 2.23. The molecule has 0 saturated heterocycles. The van der Waals surface area contributed by atoms with Crippen LogP contribution in [0, 0.1) is 10.1 Å². The quantitative estimate of drug-likeness (QED) is 0.441. The van der Waals surface area contributed by atoms with Crippen LogP contribution < -0.4 is 0 Å². The first kappa shape index (κ1) is 10.7. The summed E-state index contributed by atoms with van der Waals surface area (Å²) < 4.78 is 0. The molecule has 0 aliphatic carbocycles. The van der Waals surface area contributed by atoms with Gasteiger partial charge in [0.25, 0.3) is 5.69 Å². The second-order valence-electron chi connectivity index (χ2n) is 2.70. The van der Waals surface area contributed by atoms with Gasteiger partial charge in [-0.15, -0.1) is 0 Å². The van der Waals surface area contributed by atoms with Crippen molar-refractivity contribution in [3.63, 3.8) is 0 Å². The van der Waals surface area contributed by atoms with Crippen LogP contribution in [-0.4, -0.2) is 10.7 Å². The second-order valence-corrected chi connectivity index (χ2v) is 3.11. The summed E-state index contributed by atoms with van der Waals surface area (Å²) in [6.07, 6.45) is 0.331. The van der Waals surface area contributed by atoms with E-state index in [0.29, 0.717) is 12.0 Å². The highest BCUT2D eigenvalue weighted by Gasteiger charge is 2.12. The van der Waals surface area contributed by atoms with Gasteiger partial charge < -0.3 is 0 Å². The molecule has 0 spiro atoms. The van der Waals surface area contributed by atoms with E-state index in [2.05, 4.69) is 0 Å². The number of nitrogens with zero attached hydrogens (tertiary/aromatic N) is 1. The number of benzene rings is 1. The Hall–Kier alpha value is -1.42. The number of Topliss-reactive ketones (excluding diaryl/α,β-unsaturated/α-hetero) is 1. The van der Waals surface area contributed by atoms with Gasteiger partial charge >= 0.3 is 0 Å². The van der Waals surface area contributed by atoms with E-state index < -0.39 is 4.92 Å². The van der Waals surface area contributed by atoms with Crippen molar-refractivity contribution in [2.45, 2.75) is 13.3 Å². The van der Waals surface area contributed by atoms with E-state index in [0.717, 1.165) is 0 Å². The molecule has 4 nitrogen and oxygen atoms in total. The third kappa shape index (κ3) is 2.09. The number of halogens is 1. The summed E-state index contributed by atoms with van der Waals surface area (Å²) in [5.41, 5.74) is 0.224. The molecule has 0 fully saturated rings. The molecule has 0 aromatic heterocycles. The number of non-ortho nitro benzene ring substituents is 1. The Morgan fingerprint density at radius 2 is 2.21 bits per heavy atom. The van der Waals surface area contributed by atoms with Gasteiger partial charge in [-0.05, 0) is 6.07 Å². The van der Waals surface area contributed by atoms with Crippen LogP contribution in [0.15, 0.2) is 18.2 Å². The molecule has 0 atom stereocenters. The van der Waals surface area contributed by atoms with Crippen LogP contribution >= 0.6 is 11.6 Å². The van der Waals surface area contributed by atoms with Crippen molar-refractivity contribution in [3.05, 3.63) is 38.9 Å². The first-order chi connectivity index (χ1) is 6.56. The molecular weight excluding hydrogens is 206 g/mol. The summed E-state index contributed by atoms with van der Waals surface area (Å²) in [7, 11) is 0. The van der Waals surface area contributed by atoms with Crippen LogP contribution in [0.5, 0.6) is 0 Å². The summed E-state index contributed by atoms with van der Waals surface area (Å²) >= 11 is 5.72. The van der Waals surface area contributed by atoms with Crippen molar-refractivity contribution in [2.75, 3.05) is 0 Å². The number of rotatable bonds is 3. The lowest BCUT2D eigenvalue weighted by Crippen LogP contribution is -1.98. The maximum absolute atomic E-state index is 11.3. The summed E-state index contributed by atoms with van der Waals surface area (Å²) in [4.78, 5) is 21.1. The number of carbonyl (C=O) groups excluding carboxylic acids is 1. The van der Waals surface area contributed by atoms with Gasteiger partial charge in [0.1, 0.15) is 0 Å². The lowest BCUT2D eigenvalue weighted by Gasteiger charge is -2.00. The molecule has 14 heavy (non-hydrogen) atoms. The van der Waals surface area contributed by atoms with Gasteiger partial charge in [0, 0.05) is 24.1 Å². The third-order valence-electron chi connectivity index (χ3n) is 1.79.